The molecule has 1 heterocycles. The van der Waals surface area contributed by atoms with Crippen LogP contribution in [0.25, 0.3) is 0 Å². The minimum atomic E-state index is -4.13. The predicted molar refractivity (Wildman–Crippen MR) is 113 cm³/mol. The summed E-state index contributed by atoms with van der Waals surface area (Å²) < 4.78 is 53.6. The second-order valence-corrected chi connectivity index (χ2v) is 10.1. The van der Waals surface area contributed by atoms with Gasteiger partial charge in [-0.25, -0.2) is 17.2 Å². The van der Waals surface area contributed by atoms with Crippen molar-refractivity contribution >= 4 is 27.7 Å². The molecule has 0 unspecified atom stereocenters. The summed E-state index contributed by atoms with van der Waals surface area (Å²) >= 11 is 1.73. The summed E-state index contributed by atoms with van der Waals surface area (Å²) in [7, 11) is -4.13. The van der Waals surface area contributed by atoms with Gasteiger partial charge >= 0.3 is 0 Å². The number of piperidine rings is 1. The number of carbonyl (C=O) groups excluding carboxylic acids is 1. The van der Waals surface area contributed by atoms with Crippen molar-refractivity contribution in [2.24, 2.45) is 5.92 Å². The van der Waals surface area contributed by atoms with Crippen LogP contribution in [0.5, 0.6) is 0 Å². The van der Waals surface area contributed by atoms with E-state index in [-0.39, 0.29) is 24.9 Å². The van der Waals surface area contributed by atoms with Gasteiger partial charge in [0.05, 0.1) is 0 Å². The molecule has 1 saturated heterocycles. The van der Waals surface area contributed by atoms with Crippen molar-refractivity contribution < 1.29 is 22.0 Å². The first-order valence-corrected chi connectivity index (χ1v) is 12.3. The zero-order chi connectivity index (χ0) is 21.6. The van der Waals surface area contributed by atoms with Crippen molar-refractivity contribution in [3.63, 3.8) is 0 Å². The van der Waals surface area contributed by atoms with E-state index in [1.165, 1.54) is 5.56 Å². The molecule has 1 amide bonds. The maximum absolute atomic E-state index is 13.9. The molecule has 3 rings (SSSR count). The van der Waals surface area contributed by atoms with Crippen molar-refractivity contribution in [3.8, 4) is 0 Å². The molecule has 2 aromatic carbocycles. The Kier molecular flexibility index (Phi) is 7.85. The van der Waals surface area contributed by atoms with E-state index in [0.29, 0.717) is 25.5 Å². The first kappa shape index (κ1) is 22.7. The molecule has 162 valence electrons. The molecule has 5 nitrogen and oxygen atoms in total. The Morgan fingerprint density at radius 1 is 1.10 bits per heavy atom. The molecule has 30 heavy (non-hydrogen) atoms. The van der Waals surface area contributed by atoms with Crippen molar-refractivity contribution in [2.75, 3.05) is 25.4 Å². The molecule has 0 aromatic heterocycles. The number of amides is 1. The molecule has 1 fully saturated rings. The minimum absolute atomic E-state index is 0.0932. The SMILES string of the molecule is O=C(NCCSCc1ccccc1)C1CCN(S(=O)(=O)c2cc(F)ccc2F)CC1. The van der Waals surface area contributed by atoms with Gasteiger partial charge in [-0.1, -0.05) is 30.3 Å². The molecule has 9 heteroatoms. The maximum Gasteiger partial charge on any atom is 0.246 e. The zero-order valence-electron chi connectivity index (χ0n) is 16.4. The van der Waals surface area contributed by atoms with Gasteiger partial charge < -0.3 is 5.32 Å². The minimum Gasteiger partial charge on any atom is -0.355 e. The molecular weight excluding hydrogens is 430 g/mol. The number of nitrogens with one attached hydrogen (secondary N) is 1. The molecule has 0 radical (unpaired) electrons. The third kappa shape index (κ3) is 5.80. The molecule has 0 aliphatic carbocycles. The maximum atomic E-state index is 13.9. The Labute approximate surface area is 179 Å². The third-order valence-corrected chi connectivity index (χ3v) is 7.94. The first-order chi connectivity index (χ1) is 14.4. The lowest BCUT2D eigenvalue weighted by Gasteiger charge is -2.30. The fraction of sp³-hybridized carbons (Fsp3) is 0.381. The van der Waals surface area contributed by atoms with E-state index in [1.54, 1.807) is 11.8 Å². The molecule has 1 aliphatic heterocycles. The van der Waals surface area contributed by atoms with Gasteiger partial charge in [-0.3, -0.25) is 4.79 Å². The smallest absolute Gasteiger partial charge is 0.246 e. The third-order valence-electron chi connectivity index (χ3n) is 4.99. The number of hydrogen-bond donors (Lipinski definition) is 1. The Bertz CT molecular complexity index is 963. The van der Waals surface area contributed by atoms with Crippen LogP contribution < -0.4 is 5.32 Å². The van der Waals surface area contributed by atoms with Crippen molar-refractivity contribution in [1.29, 1.82) is 0 Å². The van der Waals surface area contributed by atoms with Crippen LogP contribution in [-0.2, 0) is 20.6 Å². The highest BCUT2D eigenvalue weighted by Gasteiger charge is 2.33. The predicted octanol–water partition coefficient (Wildman–Crippen LogP) is 3.42. The quantitative estimate of drug-likeness (QED) is 0.621. The van der Waals surface area contributed by atoms with E-state index in [4.69, 9.17) is 0 Å². The second kappa shape index (κ2) is 10.4. The van der Waals surface area contributed by atoms with Crippen molar-refractivity contribution in [1.82, 2.24) is 9.62 Å². The van der Waals surface area contributed by atoms with E-state index < -0.39 is 26.6 Å². The van der Waals surface area contributed by atoms with Crippen LogP contribution >= 0.6 is 11.8 Å². The van der Waals surface area contributed by atoms with E-state index in [2.05, 4.69) is 17.4 Å². The number of hydrogen-bond acceptors (Lipinski definition) is 4. The Hall–Kier alpha value is -1.97. The van der Waals surface area contributed by atoms with E-state index >= 15 is 0 Å². The Morgan fingerprint density at radius 2 is 1.80 bits per heavy atom. The van der Waals surface area contributed by atoms with Crippen molar-refractivity contribution in [2.45, 2.75) is 23.5 Å². The van der Waals surface area contributed by atoms with Crippen LogP contribution in [0.4, 0.5) is 8.78 Å². The van der Waals surface area contributed by atoms with Crippen LogP contribution in [0.1, 0.15) is 18.4 Å². The summed E-state index contributed by atoms with van der Waals surface area (Å²) in [5.74, 6) is -0.507. The highest BCUT2D eigenvalue weighted by atomic mass is 32.2. The van der Waals surface area contributed by atoms with Crippen LogP contribution in [0, 0.1) is 17.6 Å². The first-order valence-electron chi connectivity index (χ1n) is 9.72. The summed E-state index contributed by atoms with van der Waals surface area (Å²) in [6.07, 6.45) is 0.693. The fourth-order valence-corrected chi connectivity index (χ4v) is 5.69. The summed E-state index contributed by atoms with van der Waals surface area (Å²) in [6, 6.07) is 12.4. The second-order valence-electron chi connectivity index (χ2n) is 7.08. The van der Waals surface area contributed by atoms with Crippen LogP contribution in [-0.4, -0.2) is 44.0 Å². The molecule has 0 bridgehead atoms. The lowest BCUT2D eigenvalue weighted by atomic mass is 9.97. The number of sulfonamides is 1. The molecule has 0 spiro atoms. The molecule has 0 atom stereocenters. The highest BCUT2D eigenvalue weighted by Crippen LogP contribution is 2.26. The molecule has 1 N–H and O–H groups in total. The van der Waals surface area contributed by atoms with Crippen LogP contribution in [0.2, 0.25) is 0 Å². The number of nitrogens with zero attached hydrogens (tertiary/aromatic N) is 1. The van der Waals surface area contributed by atoms with Gasteiger partial charge in [0.1, 0.15) is 16.5 Å². The normalized spacial score (nSPS) is 15.8. The van der Waals surface area contributed by atoms with Gasteiger partial charge in [0.15, 0.2) is 0 Å². The van der Waals surface area contributed by atoms with Gasteiger partial charge in [0, 0.05) is 37.1 Å². The molecule has 1 aliphatic rings. The number of benzene rings is 2. The number of carbonyl (C=O) groups is 1. The van der Waals surface area contributed by atoms with Gasteiger partial charge in [-0.15, -0.1) is 0 Å². The summed E-state index contributed by atoms with van der Waals surface area (Å²) in [6.45, 7) is 0.738. The summed E-state index contributed by atoms with van der Waals surface area (Å²) in [4.78, 5) is 11.7. The summed E-state index contributed by atoms with van der Waals surface area (Å²) in [5, 5.41) is 2.90. The number of halogens is 2. The molecule has 0 saturated carbocycles. The van der Waals surface area contributed by atoms with E-state index in [1.807, 2.05) is 18.2 Å². The standard InChI is InChI=1S/C21H24F2N2O3S2/c22-18-6-7-19(23)20(14-18)30(27,28)25-11-8-17(9-12-25)21(26)24-10-13-29-15-16-4-2-1-3-5-16/h1-7,14,17H,8-13,15H2,(H,24,26). The van der Waals surface area contributed by atoms with Gasteiger partial charge in [0.25, 0.3) is 0 Å². The lowest BCUT2D eigenvalue weighted by Crippen LogP contribution is -2.43. The van der Waals surface area contributed by atoms with Gasteiger partial charge in [0.2, 0.25) is 15.9 Å². The zero-order valence-corrected chi connectivity index (χ0v) is 18.0. The highest BCUT2D eigenvalue weighted by molar-refractivity contribution is 7.98. The van der Waals surface area contributed by atoms with E-state index in [0.717, 1.165) is 27.9 Å². The average Bonchev–Trinajstić information content (AvgIpc) is 2.76. The van der Waals surface area contributed by atoms with Gasteiger partial charge in [-0.05, 0) is 36.6 Å². The number of rotatable bonds is 8. The largest absolute Gasteiger partial charge is 0.355 e. The van der Waals surface area contributed by atoms with Crippen LogP contribution in [0.3, 0.4) is 0 Å². The summed E-state index contributed by atoms with van der Waals surface area (Å²) in [5.41, 5.74) is 1.23. The van der Waals surface area contributed by atoms with Crippen LogP contribution in [0.15, 0.2) is 53.4 Å². The lowest BCUT2D eigenvalue weighted by molar-refractivity contribution is -0.125. The molecule has 2 aromatic rings. The van der Waals surface area contributed by atoms with Gasteiger partial charge in [-0.2, -0.15) is 16.1 Å². The van der Waals surface area contributed by atoms with Crippen molar-refractivity contribution in [3.05, 3.63) is 65.7 Å². The monoisotopic (exact) mass is 454 g/mol. The molecular formula is C21H24F2N2O3S2. The fourth-order valence-electron chi connectivity index (χ4n) is 3.33. The Balaban J connectivity index is 1.43. The number of thioether (sulfide) groups is 1. The van der Waals surface area contributed by atoms with E-state index in [9.17, 15) is 22.0 Å². The average molecular weight is 455 g/mol. The Morgan fingerprint density at radius 3 is 2.50 bits per heavy atom. The topological polar surface area (TPSA) is 66.5 Å².